The lowest BCUT2D eigenvalue weighted by Gasteiger charge is -2.13. The lowest BCUT2D eigenvalue weighted by atomic mass is 10.1. The number of hydrogen-bond acceptors (Lipinski definition) is 3. The van der Waals surface area contributed by atoms with Gasteiger partial charge in [0.1, 0.15) is 0 Å². The zero-order valence-electron chi connectivity index (χ0n) is 10.3. The van der Waals surface area contributed by atoms with Crippen molar-refractivity contribution in [2.45, 2.75) is 19.3 Å². The summed E-state index contributed by atoms with van der Waals surface area (Å²) in [5, 5.41) is 12.1. The van der Waals surface area contributed by atoms with Crippen LogP contribution in [0.25, 0.3) is 0 Å². The number of benzene rings is 1. The van der Waals surface area contributed by atoms with Crippen molar-refractivity contribution in [3.63, 3.8) is 0 Å². The first-order chi connectivity index (χ1) is 9.00. The van der Waals surface area contributed by atoms with Crippen LogP contribution < -0.4 is 11.1 Å². The van der Waals surface area contributed by atoms with Crippen LogP contribution in [-0.2, 0) is 0 Å². The van der Waals surface area contributed by atoms with E-state index >= 15 is 0 Å². The van der Waals surface area contributed by atoms with Crippen molar-refractivity contribution < 1.29 is 14.7 Å². The fourth-order valence-electron chi connectivity index (χ4n) is 1.93. The SMILES string of the molecule is NC(=O)c1ccc(C(=O)O)c(Cl)c1NCCC1CC1. The van der Waals surface area contributed by atoms with Crippen LogP contribution in [0, 0.1) is 5.92 Å². The number of amides is 1. The molecular weight excluding hydrogens is 268 g/mol. The third-order valence-corrected chi connectivity index (χ3v) is 3.58. The van der Waals surface area contributed by atoms with Crippen LogP contribution in [0.3, 0.4) is 0 Å². The van der Waals surface area contributed by atoms with E-state index in [9.17, 15) is 9.59 Å². The summed E-state index contributed by atoms with van der Waals surface area (Å²) in [7, 11) is 0. The van der Waals surface area contributed by atoms with Crippen LogP contribution in [0.15, 0.2) is 12.1 Å². The predicted octanol–water partition coefficient (Wildman–Crippen LogP) is 2.35. The second-order valence-electron chi connectivity index (χ2n) is 4.68. The minimum Gasteiger partial charge on any atom is -0.478 e. The molecule has 1 aromatic carbocycles. The van der Waals surface area contributed by atoms with Crippen LogP contribution in [0.4, 0.5) is 5.69 Å². The van der Waals surface area contributed by atoms with Crippen molar-refractivity contribution in [3.8, 4) is 0 Å². The van der Waals surface area contributed by atoms with Gasteiger partial charge in [0.15, 0.2) is 0 Å². The Morgan fingerprint density at radius 3 is 2.53 bits per heavy atom. The normalized spacial score (nSPS) is 14.2. The van der Waals surface area contributed by atoms with Crippen LogP contribution in [0.1, 0.15) is 40.0 Å². The van der Waals surface area contributed by atoms with Gasteiger partial charge in [-0.15, -0.1) is 0 Å². The van der Waals surface area contributed by atoms with Gasteiger partial charge in [0.2, 0.25) is 0 Å². The zero-order valence-corrected chi connectivity index (χ0v) is 11.0. The van der Waals surface area contributed by atoms with Gasteiger partial charge < -0.3 is 16.2 Å². The molecule has 0 bridgehead atoms. The third-order valence-electron chi connectivity index (χ3n) is 3.19. The number of nitrogens with two attached hydrogens (primary N) is 1. The summed E-state index contributed by atoms with van der Waals surface area (Å²) in [4.78, 5) is 22.4. The zero-order chi connectivity index (χ0) is 14.0. The van der Waals surface area contributed by atoms with Gasteiger partial charge in [-0.25, -0.2) is 4.79 Å². The van der Waals surface area contributed by atoms with Crippen molar-refractivity contribution in [3.05, 3.63) is 28.3 Å². The van der Waals surface area contributed by atoms with Crippen molar-refractivity contribution >= 4 is 29.2 Å². The molecule has 0 saturated heterocycles. The topological polar surface area (TPSA) is 92.4 Å². The molecule has 0 spiro atoms. The van der Waals surface area contributed by atoms with E-state index in [1.165, 1.54) is 25.0 Å². The Morgan fingerprint density at radius 1 is 1.37 bits per heavy atom. The molecule has 2 rings (SSSR count). The highest BCUT2D eigenvalue weighted by Crippen LogP contribution is 2.34. The second kappa shape index (κ2) is 5.48. The number of carbonyl (C=O) groups excluding carboxylic acids is 1. The second-order valence-corrected chi connectivity index (χ2v) is 5.06. The molecule has 0 radical (unpaired) electrons. The van der Waals surface area contributed by atoms with Gasteiger partial charge in [0, 0.05) is 6.54 Å². The Labute approximate surface area is 115 Å². The van der Waals surface area contributed by atoms with Crippen LogP contribution in [0.5, 0.6) is 0 Å². The summed E-state index contributed by atoms with van der Waals surface area (Å²) in [6.07, 6.45) is 3.44. The summed E-state index contributed by atoms with van der Waals surface area (Å²) in [6.45, 7) is 0.647. The molecule has 1 aliphatic rings. The number of anilines is 1. The van der Waals surface area contributed by atoms with E-state index in [0.717, 1.165) is 12.3 Å². The molecule has 5 nitrogen and oxygen atoms in total. The largest absolute Gasteiger partial charge is 0.478 e. The van der Waals surface area contributed by atoms with Crippen molar-refractivity contribution in [2.75, 3.05) is 11.9 Å². The van der Waals surface area contributed by atoms with E-state index < -0.39 is 11.9 Å². The Balaban J connectivity index is 2.26. The van der Waals surface area contributed by atoms with Crippen LogP contribution in [-0.4, -0.2) is 23.5 Å². The number of halogens is 1. The van der Waals surface area contributed by atoms with Crippen molar-refractivity contribution in [2.24, 2.45) is 11.7 Å². The maximum absolute atomic E-state index is 11.3. The van der Waals surface area contributed by atoms with Crippen molar-refractivity contribution in [1.82, 2.24) is 0 Å². The van der Waals surface area contributed by atoms with E-state index in [2.05, 4.69) is 5.32 Å². The number of primary amides is 1. The smallest absolute Gasteiger partial charge is 0.337 e. The highest BCUT2D eigenvalue weighted by molar-refractivity contribution is 6.37. The average molecular weight is 283 g/mol. The van der Waals surface area contributed by atoms with E-state index in [1.807, 2.05) is 0 Å². The lowest BCUT2D eigenvalue weighted by Crippen LogP contribution is -2.16. The maximum Gasteiger partial charge on any atom is 0.337 e. The minimum absolute atomic E-state index is 0.0274. The monoisotopic (exact) mass is 282 g/mol. The van der Waals surface area contributed by atoms with Gasteiger partial charge in [-0.05, 0) is 24.5 Å². The fraction of sp³-hybridized carbons (Fsp3) is 0.385. The fourth-order valence-corrected chi connectivity index (χ4v) is 2.24. The Kier molecular flexibility index (Phi) is 3.95. The molecule has 0 aliphatic heterocycles. The van der Waals surface area contributed by atoms with Crippen molar-refractivity contribution in [1.29, 1.82) is 0 Å². The molecule has 0 heterocycles. The minimum atomic E-state index is -1.13. The first kappa shape index (κ1) is 13.7. The summed E-state index contributed by atoms with van der Waals surface area (Å²) in [5.41, 5.74) is 5.76. The first-order valence-electron chi connectivity index (χ1n) is 6.10. The van der Waals surface area contributed by atoms with Gasteiger partial charge in [-0.2, -0.15) is 0 Å². The molecule has 4 N–H and O–H groups in total. The van der Waals surface area contributed by atoms with Crippen LogP contribution >= 0.6 is 11.6 Å². The lowest BCUT2D eigenvalue weighted by molar-refractivity contribution is 0.0696. The quantitative estimate of drug-likeness (QED) is 0.747. The molecule has 0 aromatic heterocycles. The Bertz CT molecular complexity index is 527. The number of carboxylic acids is 1. The number of aromatic carboxylic acids is 1. The number of rotatable bonds is 6. The predicted molar refractivity (Wildman–Crippen MR) is 72.8 cm³/mol. The molecule has 1 fully saturated rings. The highest BCUT2D eigenvalue weighted by atomic mass is 35.5. The van der Waals surface area contributed by atoms with Crippen LogP contribution in [0.2, 0.25) is 5.02 Å². The summed E-state index contributed by atoms with van der Waals surface area (Å²) < 4.78 is 0. The van der Waals surface area contributed by atoms with Gasteiger partial charge in [-0.3, -0.25) is 4.79 Å². The maximum atomic E-state index is 11.3. The Hall–Kier alpha value is -1.75. The van der Waals surface area contributed by atoms with E-state index in [4.69, 9.17) is 22.4 Å². The van der Waals surface area contributed by atoms with E-state index in [1.54, 1.807) is 0 Å². The van der Waals surface area contributed by atoms with Gasteiger partial charge in [0.25, 0.3) is 5.91 Å². The molecule has 1 amide bonds. The molecule has 6 heteroatoms. The van der Waals surface area contributed by atoms with Gasteiger partial charge in [-0.1, -0.05) is 24.4 Å². The van der Waals surface area contributed by atoms with Gasteiger partial charge >= 0.3 is 5.97 Å². The number of nitrogens with one attached hydrogen (secondary N) is 1. The van der Waals surface area contributed by atoms with E-state index in [-0.39, 0.29) is 16.1 Å². The molecular formula is C13H15ClN2O3. The first-order valence-corrected chi connectivity index (χ1v) is 6.48. The van der Waals surface area contributed by atoms with E-state index in [0.29, 0.717) is 12.2 Å². The highest BCUT2D eigenvalue weighted by Gasteiger charge is 2.22. The summed E-state index contributed by atoms with van der Waals surface area (Å²) >= 11 is 6.03. The third kappa shape index (κ3) is 3.17. The number of carbonyl (C=O) groups is 2. The molecule has 19 heavy (non-hydrogen) atoms. The summed E-state index contributed by atoms with van der Waals surface area (Å²) in [6, 6.07) is 2.67. The standard InChI is InChI=1S/C13H15ClN2O3/c14-10-8(13(18)19)3-4-9(12(15)17)11(10)16-6-5-7-1-2-7/h3-4,7,16H,1-2,5-6H2,(H2,15,17)(H,18,19). The molecule has 1 aliphatic carbocycles. The Morgan fingerprint density at radius 2 is 2.00 bits per heavy atom. The molecule has 102 valence electrons. The number of hydrogen-bond donors (Lipinski definition) is 3. The number of carboxylic acid groups (broad SMARTS) is 1. The average Bonchev–Trinajstić information content (AvgIpc) is 3.14. The van der Waals surface area contributed by atoms with Gasteiger partial charge in [0.05, 0.1) is 21.8 Å². The molecule has 1 aromatic rings. The molecule has 0 unspecified atom stereocenters. The molecule has 0 atom stereocenters. The molecule has 1 saturated carbocycles. The summed E-state index contributed by atoms with van der Waals surface area (Å²) in [5.74, 6) is -1.04.